The number of nitrogen functional groups attached to an aromatic ring is 1. The van der Waals surface area contributed by atoms with E-state index in [0.29, 0.717) is 0 Å². The Morgan fingerprint density at radius 3 is 2.56 bits per heavy atom. The molecule has 0 radical (unpaired) electrons. The molecule has 16 heavy (non-hydrogen) atoms. The molecule has 0 aliphatic rings. The Labute approximate surface area is 108 Å². The fourth-order valence-corrected chi connectivity index (χ4v) is 3.06. The molecule has 2 N–H and O–H groups in total. The van der Waals surface area contributed by atoms with Crippen LogP contribution >= 0.6 is 27.3 Å². The van der Waals surface area contributed by atoms with Crippen LogP contribution in [0.3, 0.4) is 0 Å². The Morgan fingerprint density at radius 1 is 1.25 bits per heavy atom. The molecule has 2 rings (SSSR count). The lowest BCUT2D eigenvalue weighted by Gasteiger charge is -2.21. The lowest BCUT2D eigenvalue weighted by atomic mass is 10.1. The fourth-order valence-electron chi connectivity index (χ4n) is 1.74. The van der Waals surface area contributed by atoms with Crippen molar-refractivity contribution in [3.63, 3.8) is 0 Å². The van der Waals surface area contributed by atoms with Gasteiger partial charge in [0.15, 0.2) is 0 Å². The van der Waals surface area contributed by atoms with E-state index < -0.39 is 0 Å². The number of nitrogens with zero attached hydrogens (tertiary/aromatic N) is 1. The first-order valence-corrected chi connectivity index (χ1v) is 6.54. The Morgan fingerprint density at radius 2 is 2.00 bits per heavy atom. The minimum absolute atomic E-state index is 0.812. The van der Waals surface area contributed by atoms with E-state index in [2.05, 4.69) is 39.9 Å². The van der Waals surface area contributed by atoms with Crippen molar-refractivity contribution in [2.45, 2.75) is 6.92 Å². The standard InChI is InChI=1S/C12H13BrN2S/c1-8-4-3-5-9(14)12(8)15(2)11-7-6-10(13)16-11/h3-7H,14H2,1-2H3. The maximum atomic E-state index is 6.02. The van der Waals surface area contributed by atoms with Gasteiger partial charge in [0.05, 0.1) is 20.2 Å². The summed E-state index contributed by atoms with van der Waals surface area (Å²) in [5.74, 6) is 0. The summed E-state index contributed by atoms with van der Waals surface area (Å²) in [6.07, 6.45) is 0. The van der Waals surface area contributed by atoms with Gasteiger partial charge in [-0.3, -0.25) is 0 Å². The Balaban J connectivity index is 2.45. The molecule has 2 nitrogen and oxygen atoms in total. The van der Waals surface area contributed by atoms with Gasteiger partial charge in [0.25, 0.3) is 0 Å². The second-order valence-corrected chi connectivity index (χ2v) is 6.09. The van der Waals surface area contributed by atoms with Crippen molar-refractivity contribution < 1.29 is 0 Å². The van der Waals surface area contributed by atoms with Gasteiger partial charge in [0.1, 0.15) is 0 Å². The van der Waals surface area contributed by atoms with Gasteiger partial charge in [0, 0.05) is 7.05 Å². The van der Waals surface area contributed by atoms with Crippen LogP contribution in [0, 0.1) is 6.92 Å². The zero-order valence-corrected chi connectivity index (χ0v) is 11.6. The van der Waals surface area contributed by atoms with Gasteiger partial charge in [0.2, 0.25) is 0 Å². The lowest BCUT2D eigenvalue weighted by Crippen LogP contribution is -2.11. The first-order chi connectivity index (χ1) is 7.59. The molecule has 0 atom stereocenters. The molecular weight excluding hydrogens is 284 g/mol. The minimum atomic E-state index is 0.812. The van der Waals surface area contributed by atoms with Crippen LogP contribution in [0.1, 0.15) is 5.56 Å². The van der Waals surface area contributed by atoms with Crippen molar-refractivity contribution >= 4 is 43.6 Å². The van der Waals surface area contributed by atoms with Gasteiger partial charge in [-0.05, 0) is 46.6 Å². The van der Waals surface area contributed by atoms with E-state index in [1.54, 1.807) is 11.3 Å². The molecule has 1 aromatic heterocycles. The van der Waals surface area contributed by atoms with Crippen LogP contribution in [0.25, 0.3) is 0 Å². The van der Waals surface area contributed by atoms with Gasteiger partial charge < -0.3 is 10.6 Å². The third-order valence-electron chi connectivity index (χ3n) is 2.49. The first-order valence-electron chi connectivity index (χ1n) is 4.94. The zero-order valence-electron chi connectivity index (χ0n) is 9.20. The van der Waals surface area contributed by atoms with Crippen molar-refractivity contribution in [3.8, 4) is 0 Å². The second kappa shape index (κ2) is 4.47. The van der Waals surface area contributed by atoms with Crippen molar-refractivity contribution in [1.29, 1.82) is 0 Å². The number of rotatable bonds is 2. The number of halogens is 1. The van der Waals surface area contributed by atoms with E-state index in [-0.39, 0.29) is 0 Å². The highest BCUT2D eigenvalue weighted by Gasteiger charge is 2.11. The number of thiophene rings is 1. The number of benzene rings is 1. The number of aryl methyl sites for hydroxylation is 1. The van der Waals surface area contributed by atoms with Crippen molar-refractivity contribution in [1.82, 2.24) is 0 Å². The molecule has 1 heterocycles. The van der Waals surface area contributed by atoms with E-state index in [0.717, 1.165) is 15.2 Å². The second-order valence-electron chi connectivity index (χ2n) is 3.65. The van der Waals surface area contributed by atoms with Crippen LogP contribution < -0.4 is 10.6 Å². The Hall–Kier alpha value is -1.000. The van der Waals surface area contributed by atoms with Crippen LogP contribution in [-0.4, -0.2) is 7.05 Å². The molecule has 0 aliphatic heterocycles. The SMILES string of the molecule is Cc1cccc(N)c1N(C)c1ccc(Br)s1. The van der Waals surface area contributed by atoms with Crippen LogP contribution in [0.2, 0.25) is 0 Å². The first kappa shape index (κ1) is 11.5. The van der Waals surface area contributed by atoms with Gasteiger partial charge >= 0.3 is 0 Å². The largest absolute Gasteiger partial charge is 0.397 e. The van der Waals surface area contributed by atoms with Crippen LogP contribution in [0.5, 0.6) is 0 Å². The van der Waals surface area contributed by atoms with Crippen molar-refractivity contribution in [3.05, 3.63) is 39.7 Å². The summed E-state index contributed by atoms with van der Waals surface area (Å²) in [4.78, 5) is 2.13. The summed E-state index contributed by atoms with van der Waals surface area (Å²) in [7, 11) is 2.04. The van der Waals surface area contributed by atoms with Crippen LogP contribution in [-0.2, 0) is 0 Å². The molecular formula is C12H13BrN2S. The van der Waals surface area contributed by atoms with Crippen LogP contribution in [0.15, 0.2) is 34.1 Å². The quantitative estimate of drug-likeness (QED) is 0.843. The Kier molecular flexibility index (Phi) is 3.21. The minimum Gasteiger partial charge on any atom is -0.397 e. The number of anilines is 3. The molecule has 0 bridgehead atoms. The zero-order chi connectivity index (χ0) is 11.7. The van der Waals surface area contributed by atoms with Gasteiger partial charge in [-0.1, -0.05) is 12.1 Å². The average molecular weight is 297 g/mol. The molecule has 4 heteroatoms. The topological polar surface area (TPSA) is 29.3 Å². The van der Waals surface area contributed by atoms with Gasteiger partial charge in [-0.15, -0.1) is 11.3 Å². The smallest absolute Gasteiger partial charge is 0.0962 e. The molecule has 84 valence electrons. The summed E-state index contributed by atoms with van der Waals surface area (Å²) in [6, 6.07) is 10.1. The van der Waals surface area contributed by atoms with E-state index >= 15 is 0 Å². The molecule has 1 aromatic carbocycles. The van der Waals surface area contributed by atoms with Gasteiger partial charge in [-0.2, -0.15) is 0 Å². The summed E-state index contributed by atoms with van der Waals surface area (Å²) in [6.45, 7) is 2.07. The maximum absolute atomic E-state index is 6.02. The number of nitrogens with two attached hydrogens (primary N) is 1. The molecule has 0 saturated heterocycles. The summed E-state index contributed by atoms with van der Waals surface area (Å²) < 4.78 is 1.13. The third kappa shape index (κ3) is 2.08. The summed E-state index contributed by atoms with van der Waals surface area (Å²) in [5, 5.41) is 1.17. The molecule has 0 unspecified atom stereocenters. The summed E-state index contributed by atoms with van der Waals surface area (Å²) in [5.41, 5.74) is 9.10. The molecule has 0 spiro atoms. The normalized spacial score (nSPS) is 10.4. The highest BCUT2D eigenvalue weighted by molar-refractivity contribution is 9.11. The monoisotopic (exact) mass is 296 g/mol. The molecule has 2 aromatic rings. The average Bonchev–Trinajstić information content (AvgIpc) is 2.64. The van der Waals surface area contributed by atoms with Crippen molar-refractivity contribution in [2.75, 3.05) is 17.7 Å². The van der Waals surface area contributed by atoms with Crippen molar-refractivity contribution in [2.24, 2.45) is 0 Å². The van der Waals surface area contributed by atoms with E-state index in [1.807, 2.05) is 25.2 Å². The molecule has 0 aliphatic carbocycles. The fraction of sp³-hybridized carbons (Fsp3) is 0.167. The number of hydrogen-bond donors (Lipinski definition) is 1. The third-order valence-corrected chi connectivity index (χ3v) is 4.19. The highest BCUT2D eigenvalue weighted by Crippen LogP contribution is 2.37. The maximum Gasteiger partial charge on any atom is 0.0962 e. The Bertz CT molecular complexity index is 487. The van der Waals surface area contributed by atoms with Gasteiger partial charge in [-0.25, -0.2) is 0 Å². The predicted octanol–water partition coefficient (Wildman–Crippen LogP) is 4.17. The predicted molar refractivity (Wildman–Crippen MR) is 75.7 cm³/mol. The van der Waals surface area contributed by atoms with E-state index in [1.165, 1.54) is 10.6 Å². The number of para-hydroxylation sites is 1. The molecule has 0 amide bonds. The van der Waals surface area contributed by atoms with Crippen LogP contribution in [0.4, 0.5) is 16.4 Å². The summed E-state index contributed by atoms with van der Waals surface area (Å²) >= 11 is 5.17. The van der Waals surface area contributed by atoms with E-state index in [9.17, 15) is 0 Å². The number of hydrogen-bond acceptors (Lipinski definition) is 3. The highest BCUT2D eigenvalue weighted by atomic mass is 79.9. The lowest BCUT2D eigenvalue weighted by molar-refractivity contribution is 1.21. The van der Waals surface area contributed by atoms with E-state index in [4.69, 9.17) is 5.73 Å². The molecule has 0 fully saturated rings. The molecule has 0 saturated carbocycles.